The van der Waals surface area contributed by atoms with Crippen molar-refractivity contribution in [2.75, 3.05) is 14.2 Å². The number of aromatic hydroxyl groups is 1. The van der Waals surface area contributed by atoms with Gasteiger partial charge in [-0.3, -0.25) is 4.79 Å². The summed E-state index contributed by atoms with van der Waals surface area (Å²) in [5.74, 6) is -5.56. The van der Waals surface area contributed by atoms with Crippen molar-refractivity contribution in [3.8, 4) is 17.2 Å². The van der Waals surface area contributed by atoms with Gasteiger partial charge in [-0.25, -0.2) is 4.79 Å². The van der Waals surface area contributed by atoms with Crippen LogP contribution in [0.3, 0.4) is 0 Å². The second kappa shape index (κ2) is 7.08. The lowest BCUT2D eigenvalue weighted by Gasteiger charge is -2.43. The summed E-state index contributed by atoms with van der Waals surface area (Å²) >= 11 is 0. The van der Waals surface area contributed by atoms with Crippen LogP contribution in [-0.4, -0.2) is 80.5 Å². The fraction of sp³-hybridized carbons (Fsp3) is 0.500. The van der Waals surface area contributed by atoms with Crippen LogP contribution >= 0.6 is 0 Å². The number of carboxylic acid groups (broad SMARTS) is 1. The van der Waals surface area contributed by atoms with E-state index in [-0.39, 0.29) is 17.1 Å². The zero-order chi connectivity index (χ0) is 19.8. The summed E-state index contributed by atoms with van der Waals surface area (Å²) in [5.41, 5.74) is -3.04. The first-order chi connectivity index (χ1) is 12.1. The van der Waals surface area contributed by atoms with Gasteiger partial charge >= 0.3 is 5.97 Å². The molecule has 0 radical (unpaired) electrons. The van der Waals surface area contributed by atoms with Crippen molar-refractivity contribution in [3.63, 3.8) is 0 Å². The summed E-state index contributed by atoms with van der Waals surface area (Å²) in [4.78, 5) is 24.4. The Morgan fingerprint density at radius 1 is 1.08 bits per heavy atom. The van der Waals surface area contributed by atoms with Crippen LogP contribution in [0.15, 0.2) is 12.1 Å². The number of benzene rings is 1. The summed E-state index contributed by atoms with van der Waals surface area (Å²) < 4.78 is 9.83. The quantitative estimate of drug-likeness (QED) is 0.334. The van der Waals surface area contributed by atoms with Gasteiger partial charge in [-0.05, 0) is 12.1 Å². The average molecular weight is 372 g/mol. The van der Waals surface area contributed by atoms with Crippen molar-refractivity contribution < 1.29 is 49.7 Å². The lowest BCUT2D eigenvalue weighted by atomic mass is 9.68. The number of phenolic OH excluding ortho intramolecular Hbond substituents is 1. The molecule has 1 fully saturated rings. The molecule has 144 valence electrons. The number of Topliss-reactive ketones (excluding diaryl/α,β-unsaturated/α-hetero) is 1. The largest absolute Gasteiger partial charge is 0.502 e. The van der Waals surface area contributed by atoms with Crippen LogP contribution in [0.5, 0.6) is 17.2 Å². The number of rotatable bonds is 5. The number of aliphatic carboxylic acids is 1. The molecule has 10 heteroatoms. The van der Waals surface area contributed by atoms with Gasteiger partial charge < -0.3 is 40.1 Å². The van der Waals surface area contributed by atoms with Gasteiger partial charge in [0.2, 0.25) is 5.75 Å². The molecule has 1 aliphatic rings. The van der Waals surface area contributed by atoms with E-state index >= 15 is 0 Å². The smallest absolute Gasteiger partial charge is 0.336 e. The van der Waals surface area contributed by atoms with E-state index in [1.54, 1.807) is 0 Å². The minimum absolute atomic E-state index is 0.155. The first-order valence-corrected chi connectivity index (χ1v) is 7.57. The Hall–Kier alpha value is -2.40. The molecule has 1 aliphatic carbocycles. The predicted octanol–water partition coefficient (Wildman–Crippen LogP) is -1.49. The number of aliphatic hydroxyl groups is 4. The maximum Gasteiger partial charge on any atom is 0.336 e. The van der Waals surface area contributed by atoms with E-state index in [2.05, 4.69) is 0 Å². The van der Waals surface area contributed by atoms with Gasteiger partial charge in [0.15, 0.2) is 22.9 Å². The first-order valence-electron chi connectivity index (χ1n) is 7.57. The molecule has 0 aliphatic heterocycles. The number of phenols is 1. The molecule has 3 unspecified atom stereocenters. The Bertz CT molecular complexity index is 692. The Morgan fingerprint density at radius 2 is 1.58 bits per heavy atom. The zero-order valence-electron chi connectivity index (χ0n) is 14.0. The number of methoxy groups -OCH3 is 2. The first kappa shape index (κ1) is 19.9. The van der Waals surface area contributed by atoms with Crippen LogP contribution < -0.4 is 9.47 Å². The van der Waals surface area contributed by atoms with E-state index in [0.717, 1.165) is 12.1 Å². The lowest BCUT2D eigenvalue weighted by molar-refractivity contribution is -0.200. The molecule has 1 aromatic carbocycles. The summed E-state index contributed by atoms with van der Waals surface area (Å²) in [7, 11) is 2.43. The summed E-state index contributed by atoms with van der Waals surface area (Å²) in [6.07, 6.45) is -6.47. The van der Waals surface area contributed by atoms with Crippen molar-refractivity contribution in [1.29, 1.82) is 0 Å². The second-order valence-corrected chi connectivity index (χ2v) is 6.05. The molecule has 0 spiro atoms. The van der Waals surface area contributed by atoms with E-state index in [1.165, 1.54) is 14.2 Å². The highest BCUT2D eigenvalue weighted by Crippen LogP contribution is 2.41. The Balaban J connectivity index is 2.57. The van der Waals surface area contributed by atoms with E-state index in [4.69, 9.17) is 9.47 Å². The molecule has 0 aromatic heterocycles. The molecule has 0 heterocycles. The Kier molecular flexibility index (Phi) is 5.42. The Morgan fingerprint density at radius 3 is 2.00 bits per heavy atom. The van der Waals surface area contributed by atoms with E-state index < -0.39 is 53.8 Å². The summed E-state index contributed by atoms with van der Waals surface area (Å²) in [5, 5.41) is 59.4. The third kappa shape index (κ3) is 3.07. The number of ether oxygens (including phenoxy) is 2. The summed E-state index contributed by atoms with van der Waals surface area (Å²) in [6, 6.07) is 2.15. The van der Waals surface area contributed by atoms with Gasteiger partial charge in [0.1, 0.15) is 6.10 Å². The molecule has 26 heavy (non-hydrogen) atoms. The highest BCUT2D eigenvalue weighted by atomic mass is 16.5. The van der Waals surface area contributed by atoms with Gasteiger partial charge in [-0.15, -0.1) is 0 Å². The van der Waals surface area contributed by atoms with Crippen molar-refractivity contribution in [3.05, 3.63) is 17.7 Å². The van der Waals surface area contributed by atoms with Crippen LogP contribution in [0.1, 0.15) is 16.8 Å². The topological polar surface area (TPSA) is 174 Å². The lowest BCUT2D eigenvalue weighted by Crippen LogP contribution is -2.64. The SMILES string of the molecule is COc1cc(C(=O)C2[C@@H](O)C(O)[C@H](O)CC2(O)C(=O)O)cc(OC)c1O. The van der Waals surface area contributed by atoms with Crippen LogP contribution in [0.25, 0.3) is 0 Å². The highest BCUT2D eigenvalue weighted by Gasteiger charge is 2.59. The Labute approximate surface area is 147 Å². The number of hydrogen-bond acceptors (Lipinski definition) is 9. The minimum atomic E-state index is -2.81. The molecule has 6 N–H and O–H groups in total. The molecule has 5 atom stereocenters. The monoisotopic (exact) mass is 372 g/mol. The van der Waals surface area contributed by atoms with Gasteiger partial charge in [-0.1, -0.05) is 0 Å². The van der Waals surface area contributed by atoms with Gasteiger partial charge in [-0.2, -0.15) is 0 Å². The van der Waals surface area contributed by atoms with Crippen LogP contribution in [0.4, 0.5) is 0 Å². The van der Waals surface area contributed by atoms with E-state index in [0.29, 0.717) is 0 Å². The predicted molar refractivity (Wildman–Crippen MR) is 84.3 cm³/mol. The molecule has 10 nitrogen and oxygen atoms in total. The fourth-order valence-corrected chi connectivity index (χ4v) is 3.08. The molecule has 0 saturated heterocycles. The zero-order valence-corrected chi connectivity index (χ0v) is 14.0. The van der Waals surface area contributed by atoms with Crippen LogP contribution in [0, 0.1) is 5.92 Å². The molecular weight excluding hydrogens is 352 g/mol. The van der Waals surface area contributed by atoms with Crippen molar-refractivity contribution >= 4 is 11.8 Å². The molecule has 2 rings (SSSR count). The highest BCUT2D eigenvalue weighted by molar-refractivity contribution is 6.03. The summed E-state index contributed by atoms with van der Waals surface area (Å²) in [6.45, 7) is 0. The second-order valence-electron chi connectivity index (χ2n) is 6.05. The third-order valence-corrected chi connectivity index (χ3v) is 4.54. The molecular formula is C16H20O10. The van der Waals surface area contributed by atoms with E-state index in [1.807, 2.05) is 0 Å². The van der Waals surface area contributed by atoms with Crippen molar-refractivity contribution in [2.24, 2.45) is 5.92 Å². The standard InChI is InChI=1S/C16H20O10/c1-25-8-3-6(4-9(26-2)13(8)20)11(18)10-14(21)12(19)7(17)5-16(10,24)15(22)23/h3-4,7,10,12,14,17,19-21,24H,5H2,1-2H3,(H,22,23)/t7-,10?,12?,14-,16?/m1/s1. The van der Waals surface area contributed by atoms with Gasteiger partial charge in [0.25, 0.3) is 0 Å². The normalized spacial score (nSPS) is 31.3. The maximum atomic E-state index is 12.9. The number of aliphatic hydroxyl groups excluding tert-OH is 3. The molecule has 0 amide bonds. The third-order valence-electron chi connectivity index (χ3n) is 4.54. The number of ketones is 1. The number of carboxylic acids is 1. The van der Waals surface area contributed by atoms with E-state index in [9.17, 15) is 40.2 Å². The average Bonchev–Trinajstić information content (AvgIpc) is 2.59. The van der Waals surface area contributed by atoms with Crippen molar-refractivity contribution in [2.45, 2.75) is 30.3 Å². The van der Waals surface area contributed by atoms with Gasteiger partial charge in [0, 0.05) is 12.0 Å². The molecule has 1 aromatic rings. The maximum absolute atomic E-state index is 12.9. The van der Waals surface area contributed by atoms with Crippen LogP contribution in [0.2, 0.25) is 0 Å². The number of hydrogen-bond donors (Lipinski definition) is 6. The van der Waals surface area contributed by atoms with Crippen molar-refractivity contribution in [1.82, 2.24) is 0 Å². The number of carbonyl (C=O) groups is 2. The molecule has 1 saturated carbocycles. The number of carbonyl (C=O) groups excluding carboxylic acids is 1. The van der Waals surface area contributed by atoms with Crippen LogP contribution in [-0.2, 0) is 4.79 Å². The van der Waals surface area contributed by atoms with Gasteiger partial charge in [0.05, 0.1) is 32.3 Å². The minimum Gasteiger partial charge on any atom is -0.502 e. The fourth-order valence-electron chi connectivity index (χ4n) is 3.08. The molecule has 0 bridgehead atoms.